The van der Waals surface area contributed by atoms with Gasteiger partial charge >= 0.3 is 0 Å². The zero-order valence-corrected chi connectivity index (χ0v) is 11.2. The molecular formula is C14H13ClN4O. The Hall–Kier alpha value is -2.14. The van der Waals surface area contributed by atoms with E-state index in [0.29, 0.717) is 23.6 Å². The number of rotatable bonds is 2. The van der Waals surface area contributed by atoms with E-state index in [9.17, 15) is 4.79 Å². The number of benzene rings is 1. The summed E-state index contributed by atoms with van der Waals surface area (Å²) in [7, 11) is 0. The maximum absolute atomic E-state index is 12.1. The van der Waals surface area contributed by atoms with Gasteiger partial charge in [0, 0.05) is 29.0 Å². The van der Waals surface area contributed by atoms with Crippen molar-refractivity contribution >= 4 is 28.9 Å². The van der Waals surface area contributed by atoms with Gasteiger partial charge in [0.05, 0.1) is 18.1 Å². The summed E-state index contributed by atoms with van der Waals surface area (Å²) in [6, 6.07) is 7.18. The van der Waals surface area contributed by atoms with Gasteiger partial charge in [-0.05, 0) is 17.7 Å². The van der Waals surface area contributed by atoms with Crippen LogP contribution in [0.4, 0.5) is 5.69 Å². The summed E-state index contributed by atoms with van der Waals surface area (Å²) >= 11 is 5.88. The van der Waals surface area contributed by atoms with E-state index in [1.807, 2.05) is 12.1 Å². The van der Waals surface area contributed by atoms with Crippen LogP contribution in [0.1, 0.15) is 22.5 Å². The van der Waals surface area contributed by atoms with Crippen molar-refractivity contribution in [3.8, 4) is 0 Å². The maximum Gasteiger partial charge on any atom is 0.247 e. The number of aryl methyl sites for hydroxylation is 1. The zero-order valence-electron chi connectivity index (χ0n) is 13.5. The van der Waals surface area contributed by atoms with Crippen molar-refractivity contribution in [2.75, 3.05) is 5.01 Å². The number of nitrogens with zero attached hydrogens (tertiary/aromatic N) is 4. The fraction of sp³-hybridized carbons (Fsp3) is 0.214. The number of halogens is 1. The largest absolute Gasteiger partial charge is 0.274 e. The summed E-state index contributed by atoms with van der Waals surface area (Å²) in [6.45, 7) is -2.39. The molecule has 0 radical (unpaired) electrons. The van der Waals surface area contributed by atoms with Crippen molar-refractivity contribution in [1.29, 1.82) is 0 Å². The number of hydrogen-bond donors (Lipinski definition) is 0. The van der Waals surface area contributed by atoms with E-state index in [0.717, 1.165) is 16.0 Å². The Morgan fingerprint density at radius 1 is 1.30 bits per heavy atom. The Morgan fingerprint density at radius 3 is 2.80 bits per heavy atom. The van der Waals surface area contributed by atoms with E-state index in [1.54, 1.807) is 12.1 Å². The first-order valence-corrected chi connectivity index (χ1v) is 6.44. The minimum atomic E-state index is -2.39. The number of carbonyl (C=O) groups excluding carboxylic acids is 1. The molecule has 0 fully saturated rings. The lowest BCUT2D eigenvalue weighted by molar-refractivity contribution is -0.118. The maximum atomic E-state index is 12.1. The van der Waals surface area contributed by atoms with E-state index in [1.165, 1.54) is 17.4 Å². The molecule has 1 aromatic carbocycles. The van der Waals surface area contributed by atoms with E-state index in [4.69, 9.17) is 15.7 Å². The van der Waals surface area contributed by atoms with Crippen LogP contribution >= 0.6 is 11.6 Å². The fourth-order valence-electron chi connectivity index (χ4n) is 2.03. The third-order valence-corrected chi connectivity index (χ3v) is 3.28. The van der Waals surface area contributed by atoms with Gasteiger partial charge in [-0.1, -0.05) is 23.7 Å². The van der Waals surface area contributed by atoms with Crippen LogP contribution in [-0.2, 0) is 11.8 Å². The third kappa shape index (κ3) is 2.44. The van der Waals surface area contributed by atoms with Crippen LogP contribution in [-0.4, -0.2) is 21.4 Å². The molecule has 0 saturated carbocycles. The van der Waals surface area contributed by atoms with Crippen molar-refractivity contribution in [3.63, 3.8) is 0 Å². The number of carbonyl (C=O) groups is 1. The molecule has 0 saturated heterocycles. The number of amides is 1. The highest BCUT2D eigenvalue weighted by molar-refractivity contribution is 6.30. The summed E-state index contributed by atoms with van der Waals surface area (Å²) in [5, 5.41) is 9.95. The molecule has 0 atom stereocenters. The minimum Gasteiger partial charge on any atom is -0.274 e. The fourth-order valence-corrected chi connectivity index (χ4v) is 2.15. The van der Waals surface area contributed by atoms with Gasteiger partial charge in [0.2, 0.25) is 5.91 Å². The number of hydrogen-bond acceptors (Lipinski definition) is 3. The van der Waals surface area contributed by atoms with Crippen LogP contribution in [0.5, 0.6) is 0 Å². The Bertz CT molecular complexity index is 767. The number of aromatic nitrogens is 2. The molecule has 0 spiro atoms. The summed E-state index contributed by atoms with van der Waals surface area (Å²) in [5.41, 5.74) is 1.94. The minimum absolute atomic E-state index is 0.201. The van der Waals surface area contributed by atoms with E-state index in [-0.39, 0.29) is 5.91 Å². The molecule has 0 unspecified atom stereocenters. The molecule has 6 heteroatoms. The topological polar surface area (TPSA) is 50.5 Å². The van der Waals surface area contributed by atoms with Gasteiger partial charge in [-0.25, -0.2) is 0 Å². The smallest absolute Gasteiger partial charge is 0.247 e. The first kappa shape index (κ1) is 9.72. The van der Waals surface area contributed by atoms with Gasteiger partial charge in [0.25, 0.3) is 0 Å². The number of hydrazone groups is 1. The van der Waals surface area contributed by atoms with Gasteiger partial charge in [0.15, 0.2) is 0 Å². The monoisotopic (exact) mass is 291 g/mol. The molecule has 5 nitrogen and oxygen atoms in total. The van der Waals surface area contributed by atoms with Gasteiger partial charge in [0.1, 0.15) is 5.69 Å². The van der Waals surface area contributed by atoms with Crippen molar-refractivity contribution in [2.45, 2.75) is 12.8 Å². The molecule has 2 aromatic rings. The van der Waals surface area contributed by atoms with Gasteiger partial charge in [-0.3, -0.25) is 9.48 Å². The van der Waals surface area contributed by atoms with Crippen molar-refractivity contribution in [1.82, 2.24) is 9.78 Å². The van der Waals surface area contributed by atoms with Gasteiger partial charge in [-0.15, -0.1) is 0 Å². The highest BCUT2D eigenvalue weighted by Gasteiger charge is 2.23. The van der Waals surface area contributed by atoms with Crippen LogP contribution in [0, 0.1) is 0 Å². The van der Waals surface area contributed by atoms with E-state index < -0.39 is 6.98 Å². The molecule has 102 valence electrons. The summed E-state index contributed by atoms with van der Waals surface area (Å²) in [6.07, 6.45) is 3.42. The van der Waals surface area contributed by atoms with Gasteiger partial charge in [-0.2, -0.15) is 15.2 Å². The van der Waals surface area contributed by atoms with Crippen molar-refractivity contribution in [2.24, 2.45) is 12.1 Å². The Balaban J connectivity index is 1.94. The SMILES string of the molecule is [2H]C([2H])([2H])n1cc(N2N=C(c3ccc(Cl)cc3)CCC2=O)cn1. The second-order valence-corrected chi connectivity index (χ2v) is 4.84. The lowest BCUT2D eigenvalue weighted by Gasteiger charge is -2.22. The summed E-state index contributed by atoms with van der Waals surface area (Å²) in [4.78, 5) is 12.1. The first-order chi connectivity index (χ1) is 10.8. The van der Waals surface area contributed by atoms with Gasteiger partial charge < -0.3 is 0 Å². The molecular weight excluding hydrogens is 276 g/mol. The average Bonchev–Trinajstić information content (AvgIpc) is 2.98. The van der Waals surface area contributed by atoms with Crippen molar-refractivity contribution in [3.05, 3.63) is 47.2 Å². The Labute approximate surface area is 125 Å². The standard InChI is InChI=1S/C14H13ClN4O/c1-18-9-12(8-16-18)19-14(20)7-6-13(17-19)10-2-4-11(15)5-3-10/h2-5,8-9H,6-7H2,1H3/i1D3. The summed E-state index contributed by atoms with van der Waals surface area (Å²) < 4.78 is 22.8. The molecule has 0 N–H and O–H groups in total. The van der Waals surface area contributed by atoms with Crippen LogP contribution in [0.15, 0.2) is 41.8 Å². The van der Waals surface area contributed by atoms with Crippen LogP contribution in [0.2, 0.25) is 5.02 Å². The number of anilines is 1. The van der Waals surface area contributed by atoms with E-state index in [2.05, 4.69) is 10.2 Å². The summed E-state index contributed by atoms with van der Waals surface area (Å²) in [5.74, 6) is -0.201. The second-order valence-electron chi connectivity index (χ2n) is 4.40. The lowest BCUT2D eigenvalue weighted by Crippen LogP contribution is -2.31. The normalized spacial score (nSPS) is 18.2. The predicted octanol–water partition coefficient (Wildman–Crippen LogP) is 2.60. The molecule has 1 aliphatic heterocycles. The highest BCUT2D eigenvalue weighted by atomic mass is 35.5. The molecule has 0 aliphatic carbocycles. The van der Waals surface area contributed by atoms with Crippen LogP contribution in [0.3, 0.4) is 0 Å². The van der Waals surface area contributed by atoms with Crippen molar-refractivity contribution < 1.29 is 8.91 Å². The molecule has 2 heterocycles. The predicted molar refractivity (Wildman–Crippen MR) is 77.9 cm³/mol. The molecule has 0 bridgehead atoms. The molecule has 1 aliphatic rings. The molecule has 1 amide bonds. The second kappa shape index (κ2) is 5.09. The molecule has 20 heavy (non-hydrogen) atoms. The van der Waals surface area contributed by atoms with Crippen LogP contribution in [0.25, 0.3) is 0 Å². The first-order valence-electron chi connectivity index (χ1n) is 7.56. The average molecular weight is 292 g/mol. The third-order valence-electron chi connectivity index (χ3n) is 3.02. The lowest BCUT2D eigenvalue weighted by atomic mass is 10.0. The molecule has 3 rings (SSSR count). The van der Waals surface area contributed by atoms with Crippen LogP contribution < -0.4 is 5.01 Å². The Kier molecular flexibility index (Phi) is 2.47. The van der Waals surface area contributed by atoms with E-state index >= 15 is 0 Å². The Morgan fingerprint density at radius 2 is 2.10 bits per heavy atom. The zero-order chi connectivity index (χ0) is 16.6. The quantitative estimate of drug-likeness (QED) is 0.854. The highest BCUT2D eigenvalue weighted by Crippen LogP contribution is 2.22. The molecule has 1 aromatic heterocycles.